The zero-order valence-electron chi connectivity index (χ0n) is 8.40. The molecule has 0 unspecified atom stereocenters. The van der Waals surface area contributed by atoms with Crippen molar-refractivity contribution in [2.24, 2.45) is 5.92 Å². The standard InChI is InChI=1S/C10H13N3O/c1-8(2)3-4-14-10-7-12-9(5-11)6-13-10/h6-8H,3-4H2,1-2H3. The predicted octanol–water partition coefficient (Wildman–Crippen LogP) is 1.77. The van der Waals surface area contributed by atoms with E-state index in [1.54, 1.807) is 0 Å². The predicted molar refractivity (Wildman–Crippen MR) is 51.7 cm³/mol. The van der Waals surface area contributed by atoms with Gasteiger partial charge in [-0.25, -0.2) is 9.97 Å². The number of ether oxygens (including phenoxy) is 1. The Labute approximate surface area is 83.6 Å². The van der Waals surface area contributed by atoms with Crippen LogP contribution in [0.1, 0.15) is 26.0 Å². The molecule has 0 aliphatic rings. The average molecular weight is 191 g/mol. The van der Waals surface area contributed by atoms with Crippen LogP contribution in [0.15, 0.2) is 12.4 Å². The molecule has 1 aromatic heterocycles. The first-order valence-electron chi connectivity index (χ1n) is 4.57. The SMILES string of the molecule is CC(C)CCOc1cnc(C#N)cn1. The highest BCUT2D eigenvalue weighted by molar-refractivity contribution is 5.18. The van der Waals surface area contributed by atoms with Crippen molar-refractivity contribution >= 4 is 0 Å². The lowest BCUT2D eigenvalue weighted by Gasteiger charge is -2.05. The maximum Gasteiger partial charge on any atom is 0.232 e. The van der Waals surface area contributed by atoms with Gasteiger partial charge in [-0.3, -0.25) is 0 Å². The molecule has 0 radical (unpaired) electrons. The third-order valence-electron chi connectivity index (χ3n) is 1.69. The van der Waals surface area contributed by atoms with Crippen molar-refractivity contribution in [1.82, 2.24) is 9.97 Å². The molecule has 4 nitrogen and oxygen atoms in total. The van der Waals surface area contributed by atoms with Crippen LogP contribution < -0.4 is 4.74 Å². The third-order valence-corrected chi connectivity index (χ3v) is 1.69. The molecule has 4 heteroatoms. The second-order valence-corrected chi connectivity index (χ2v) is 3.38. The molecule has 0 amide bonds. The summed E-state index contributed by atoms with van der Waals surface area (Å²) in [5, 5.41) is 8.48. The minimum Gasteiger partial charge on any atom is -0.477 e. The van der Waals surface area contributed by atoms with E-state index in [0.717, 1.165) is 6.42 Å². The molecule has 14 heavy (non-hydrogen) atoms. The molecule has 74 valence electrons. The molecule has 1 aromatic rings. The van der Waals surface area contributed by atoms with Gasteiger partial charge < -0.3 is 4.74 Å². The van der Waals surface area contributed by atoms with Crippen molar-refractivity contribution < 1.29 is 4.74 Å². The molecule has 0 fully saturated rings. The van der Waals surface area contributed by atoms with Gasteiger partial charge in [-0.15, -0.1) is 0 Å². The van der Waals surface area contributed by atoms with Gasteiger partial charge in [0.25, 0.3) is 0 Å². The first kappa shape index (κ1) is 10.5. The molecule has 1 heterocycles. The van der Waals surface area contributed by atoms with Crippen LogP contribution in [0, 0.1) is 17.2 Å². The maximum absolute atomic E-state index is 8.48. The van der Waals surface area contributed by atoms with Crippen LogP contribution in [0.4, 0.5) is 0 Å². The number of nitriles is 1. The fourth-order valence-corrected chi connectivity index (χ4v) is 0.848. The van der Waals surface area contributed by atoms with Crippen LogP contribution in [0.3, 0.4) is 0 Å². The molecule has 1 rings (SSSR count). The zero-order valence-corrected chi connectivity index (χ0v) is 8.40. The number of aromatic nitrogens is 2. The Morgan fingerprint density at radius 2 is 2.21 bits per heavy atom. The molecule has 0 atom stereocenters. The molecule has 0 spiro atoms. The molecule has 0 N–H and O–H groups in total. The van der Waals surface area contributed by atoms with Crippen LogP contribution >= 0.6 is 0 Å². The number of hydrogen-bond acceptors (Lipinski definition) is 4. The summed E-state index contributed by atoms with van der Waals surface area (Å²) in [6.45, 7) is 4.90. The molecule has 0 saturated carbocycles. The Balaban J connectivity index is 2.41. The summed E-state index contributed by atoms with van der Waals surface area (Å²) in [7, 11) is 0. The lowest BCUT2D eigenvalue weighted by molar-refractivity contribution is 0.278. The van der Waals surface area contributed by atoms with E-state index in [1.807, 2.05) is 6.07 Å². The Morgan fingerprint density at radius 3 is 2.71 bits per heavy atom. The second-order valence-electron chi connectivity index (χ2n) is 3.38. The fraction of sp³-hybridized carbons (Fsp3) is 0.500. The van der Waals surface area contributed by atoms with E-state index in [0.29, 0.717) is 24.1 Å². The van der Waals surface area contributed by atoms with Crippen molar-refractivity contribution in [3.63, 3.8) is 0 Å². The Bertz CT molecular complexity index is 313. The van der Waals surface area contributed by atoms with E-state index in [2.05, 4.69) is 23.8 Å². The van der Waals surface area contributed by atoms with Crippen molar-refractivity contribution in [2.75, 3.05) is 6.61 Å². The number of nitrogens with zero attached hydrogens (tertiary/aromatic N) is 3. The van der Waals surface area contributed by atoms with Gasteiger partial charge in [0, 0.05) is 0 Å². The normalized spacial score (nSPS) is 9.86. The molecule has 0 saturated heterocycles. The third kappa shape index (κ3) is 3.40. The molecule has 0 bridgehead atoms. The van der Waals surface area contributed by atoms with Gasteiger partial charge in [-0.05, 0) is 12.3 Å². The summed E-state index contributed by atoms with van der Waals surface area (Å²) < 4.78 is 5.33. The van der Waals surface area contributed by atoms with Gasteiger partial charge in [0.05, 0.1) is 19.0 Å². The Morgan fingerprint density at radius 1 is 1.43 bits per heavy atom. The van der Waals surface area contributed by atoms with Gasteiger partial charge in [-0.1, -0.05) is 13.8 Å². The van der Waals surface area contributed by atoms with E-state index in [1.165, 1.54) is 12.4 Å². The summed E-state index contributed by atoms with van der Waals surface area (Å²) in [4.78, 5) is 7.79. The first-order chi connectivity index (χ1) is 6.72. The van der Waals surface area contributed by atoms with Gasteiger partial charge >= 0.3 is 0 Å². The highest BCUT2D eigenvalue weighted by atomic mass is 16.5. The summed E-state index contributed by atoms with van der Waals surface area (Å²) in [5.41, 5.74) is 0.307. The van der Waals surface area contributed by atoms with Gasteiger partial charge in [0.2, 0.25) is 5.88 Å². The van der Waals surface area contributed by atoms with E-state index < -0.39 is 0 Å². The molecule has 0 aromatic carbocycles. The average Bonchev–Trinajstić information content (AvgIpc) is 2.18. The maximum atomic E-state index is 8.48. The summed E-state index contributed by atoms with van der Waals surface area (Å²) in [6, 6.07) is 1.90. The number of hydrogen-bond donors (Lipinski definition) is 0. The monoisotopic (exact) mass is 191 g/mol. The van der Waals surface area contributed by atoms with E-state index >= 15 is 0 Å². The van der Waals surface area contributed by atoms with Gasteiger partial charge in [0.1, 0.15) is 6.07 Å². The van der Waals surface area contributed by atoms with Gasteiger partial charge in [0.15, 0.2) is 5.69 Å². The molecular formula is C10H13N3O. The highest BCUT2D eigenvalue weighted by Crippen LogP contribution is 2.06. The highest BCUT2D eigenvalue weighted by Gasteiger charge is 1.98. The van der Waals surface area contributed by atoms with Crippen LogP contribution in [0.5, 0.6) is 5.88 Å². The van der Waals surface area contributed by atoms with E-state index in [4.69, 9.17) is 10.00 Å². The van der Waals surface area contributed by atoms with Crippen molar-refractivity contribution in [2.45, 2.75) is 20.3 Å². The van der Waals surface area contributed by atoms with Crippen molar-refractivity contribution in [1.29, 1.82) is 5.26 Å². The first-order valence-corrected chi connectivity index (χ1v) is 4.57. The van der Waals surface area contributed by atoms with Crippen LogP contribution in [0.25, 0.3) is 0 Å². The largest absolute Gasteiger partial charge is 0.477 e. The lowest BCUT2D eigenvalue weighted by atomic mass is 10.1. The summed E-state index contributed by atoms with van der Waals surface area (Å²) in [5.74, 6) is 1.09. The molecular weight excluding hydrogens is 178 g/mol. The van der Waals surface area contributed by atoms with E-state index in [9.17, 15) is 0 Å². The fourth-order valence-electron chi connectivity index (χ4n) is 0.848. The minimum absolute atomic E-state index is 0.307. The quantitative estimate of drug-likeness (QED) is 0.727. The molecule has 0 aliphatic heterocycles. The summed E-state index contributed by atoms with van der Waals surface area (Å²) in [6.07, 6.45) is 3.87. The zero-order chi connectivity index (χ0) is 10.4. The topological polar surface area (TPSA) is 58.8 Å². The Hall–Kier alpha value is -1.63. The van der Waals surface area contributed by atoms with Gasteiger partial charge in [-0.2, -0.15) is 5.26 Å². The van der Waals surface area contributed by atoms with E-state index in [-0.39, 0.29) is 0 Å². The smallest absolute Gasteiger partial charge is 0.232 e. The minimum atomic E-state index is 0.307. The number of rotatable bonds is 4. The van der Waals surface area contributed by atoms with Crippen molar-refractivity contribution in [3.8, 4) is 11.9 Å². The second kappa shape index (κ2) is 5.18. The van der Waals surface area contributed by atoms with Crippen molar-refractivity contribution in [3.05, 3.63) is 18.1 Å². The summed E-state index contributed by atoms with van der Waals surface area (Å²) >= 11 is 0. The van der Waals surface area contributed by atoms with Crippen LogP contribution in [-0.2, 0) is 0 Å². The van der Waals surface area contributed by atoms with Crippen LogP contribution in [-0.4, -0.2) is 16.6 Å². The Kier molecular flexibility index (Phi) is 3.86. The lowest BCUT2D eigenvalue weighted by Crippen LogP contribution is -2.03. The molecule has 0 aliphatic carbocycles. The van der Waals surface area contributed by atoms with Crippen LogP contribution in [0.2, 0.25) is 0 Å².